The molecule has 0 radical (unpaired) electrons. The first-order valence-corrected chi connectivity index (χ1v) is 7.25. The van der Waals surface area contributed by atoms with Crippen LogP contribution in [0.15, 0.2) is 30.3 Å². The van der Waals surface area contributed by atoms with E-state index in [-0.39, 0.29) is 12.5 Å². The third-order valence-corrected chi connectivity index (χ3v) is 3.77. The molecule has 1 N–H and O–H groups in total. The predicted octanol–water partition coefficient (Wildman–Crippen LogP) is 1.91. The van der Waals surface area contributed by atoms with Crippen LogP contribution in [-0.2, 0) is 20.9 Å². The van der Waals surface area contributed by atoms with Crippen LogP contribution in [0.1, 0.15) is 25.3 Å². The van der Waals surface area contributed by atoms with Gasteiger partial charge in [-0.15, -0.1) is 0 Å². The first kappa shape index (κ1) is 15.5. The number of rotatable bonds is 5. The zero-order chi connectivity index (χ0) is 15.2. The molecule has 1 aliphatic heterocycles. The van der Waals surface area contributed by atoms with Crippen LogP contribution < -0.4 is 0 Å². The Morgan fingerprint density at radius 3 is 2.76 bits per heavy atom. The molecule has 0 aliphatic carbocycles. The number of aliphatic carboxylic acids is 1. The quantitative estimate of drug-likeness (QED) is 0.900. The van der Waals surface area contributed by atoms with E-state index in [0.29, 0.717) is 19.6 Å². The summed E-state index contributed by atoms with van der Waals surface area (Å²) in [6.07, 6.45) is 0.810. The number of ether oxygens (including phenoxy) is 1. The van der Waals surface area contributed by atoms with Crippen molar-refractivity contribution < 1.29 is 19.4 Å². The molecule has 1 amide bonds. The molecule has 1 aromatic rings. The van der Waals surface area contributed by atoms with Crippen LogP contribution in [0.5, 0.6) is 0 Å². The van der Waals surface area contributed by atoms with Crippen LogP contribution in [0.4, 0.5) is 0 Å². The van der Waals surface area contributed by atoms with E-state index >= 15 is 0 Å². The summed E-state index contributed by atoms with van der Waals surface area (Å²) < 4.78 is 5.60. The Morgan fingerprint density at radius 2 is 2.10 bits per heavy atom. The molecular weight excluding hydrogens is 270 g/mol. The van der Waals surface area contributed by atoms with Gasteiger partial charge < -0.3 is 14.7 Å². The molecule has 2 atom stereocenters. The Balaban J connectivity index is 1.85. The van der Waals surface area contributed by atoms with Crippen LogP contribution in [0, 0.1) is 5.92 Å². The Morgan fingerprint density at radius 1 is 1.38 bits per heavy atom. The first-order chi connectivity index (χ1) is 10.1. The zero-order valence-corrected chi connectivity index (χ0v) is 12.2. The van der Waals surface area contributed by atoms with E-state index in [4.69, 9.17) is 9.84 Å². The van der Waals surface area contributed by atoms with Crippen LogP contribution in [0.3, 0.4) is 0 Å². The van der Waals surface area contributed by atoms with E-state index in [1.807, 2.05) is 30.3 Å². The number of benzene rings is 1. The molecule has 2 rings (SSSR count). The Labute approximate surface area is 124 Å². The molecule has 21 heavy (non-hydrogen) atoms. The average Bonchev–Trinajstić information content (AvgIpc) is 2.53. The molecule has 114 valence electrons. The maximum Gasteiger partial charge on any atom is 0.308 e. The summed E-state index contributed by atoms with van der Waals surface area (Å²) in [7, 11) is 0. The van der Waals surface area contributed by atoms with Crippen molar-refractivity contribution in [2.24, 2.45) is 5.92 Å². The van der Waals surface area contributed by atoms with Crippen molar-refractivity contribution in [3.8, 4) is 0 Å². The van der Waals surface area contributed by atoms with E-state index < -0.39 is 18.0 Å². The molecule has 5 nitrogen and oxygen atoms in total. The number of piperidine rings is 1. The minimum absolute atomic E-state index is 0.128. The van der Waals surface area contributed by atoms with Gasteiger partial charge >= 0.3 is 5.97 Å². The molecule has 0 spiro atoms. The van der Waals surface area contributed by atoms with Gasteiger partial charge in [0.25, 0.3) is 5.91 Å². The second kappa shape index (κ2) is 7.22. The summed E-state index contributed by atoms with van der Waals surface area (Å²) in [6, 6.07) is 9.66. The van der Waals surface area contributed by atoms with Crippen molar-refractivity contribution in [1.29, 1.82) is 0 Å². The van der Waals surface area contributed by atoms with Crippen LogP contribution >= 0.6 is 0 Å². The van der Waals surface area contributed by atoms with Gasteiger partial charge in [0, 0.05) is 13.1 Å². The molecular formula is C16H21NO4. The largest absolute Gasteiger partial charge is 0.481 e. The number of carboxylic acids is 1. The second-order valence-corrected chi connectivity index (χ2v) is 5.40. The van der Waals surface area contributed by atoms with Crippen molar-refractivity contribution in [2.75, 3.05) is 13.1 Å². The number of carbonyl (C=O) groups is 2. The lowest BCUT2D eigenvalue weighted by atomic mass is 9.98. The molecule has 1 heterocycles. The number of carbonyl (C=O) groups excluding carboxylic acids is 1. The number of amides is 1. The van der Waals surface area contributed by atoms with Gasteiger partial charge in [-0.25, -0.2) is 0 Å². The van der Waals surface area contributed by atoms with E-state index in [0.717, 1.165) is 12.0 Å². The van der Waals surface area contributed by atoms with Gasteiger partial charge in [-0.05, 0) is 25.3 Å². The number of likely N-dealkylation sites (tertiary alicyclic amines) is 1. The third-order valence-electron chi connectivity index (χ3n) is 3.77. The summed E-state index contributed by atoms with van der Waals surface area (Å²) in [6.45, 7) is 2.99. The van der Waals surface area contributed by atoms with Gasteiger partial charge in [0.1, 0.15) is 6.10 Å². The van der Waals surface area contributed by atoms with Crippen LogP contribution in [-0.4, -0.2) is 41.1 Å². The highest BCUT2D eigenvalue weighted by Gasteiger charge is 2.30. The lowest BCUT2D eigenvalue weighted by Gasteiger charge is -2.32. The molecule has 1 fully saturated rings. The van der Waals surface area contributed by atoms with Crippen molar-refractivity contribution in [2.45, 2.75) is 32.5 Å². The number of hydrogen-bond acceptors (Lipinski definition) is 3. The van der Waals surface area contributed by atoms with Crippen molar-refractivity contribution in [3.05, 3.63) is 35.9 Å². The second-order valence-electron chi connectivity index (χ2n) is 5.40. The fourth-order valence-electron chi connectivity index (χ4n) is 2.50. The summed E-state index contributed by atoms with van der Waals surface area (Å²) in [5.74, 6) is -1.41. The Hall–Kier alpha value is -1.88. The van der Waals surface area contributed by atoms with Gasteiger partial charge in [0.15, 0.2) is 0 Å². The highest BCUT2D eigenvalue weighted by atomic mass is 16.5. The molecule has 0 unspecified atom stereocenters. The number of nitrogens with zero attached hydrogens (tertiary/aromatic N) is 1. The monoisotopic (exact) mass is 291 g/mol. The van der Waals surface area contributed by atoms with Gasteiger partial charge in [-0.3, -0.25) is 9.59 Å². The van der Waals surface area contributed by atoms with E-state index in [9.17, 15) is 9.59 Å². The smallest absolute Gasteiger partial charge is 0.308 e. The minimum atomic E-state index is -0.828. The third kappa shape index (κ3) is 4.29. The maximum atomic E-state index is 12.3. The topological polar surface area (TPSA) is 66.8 Å². The van der Waals surface area contributed by atoms with Gasteiger partial charge in [-0.1, -0.05) is 30.3 Å². The normalized spacial score (nSPS) is 20.0. The van der Waals surface area contributed by atoms with Gasteiger partial charge in [-0.2, -0.15) is 0 Å². The standard InChI is InChI=1S/C16H21NO4/c1-12(21-11-13-6-3-2-4-7-13)15(18)17-9-5-8-14(10-17)16(19)20/h2-4,6-7,12,14H,5,8-11H2,1H3,(H,19,20)/t12-,14+/m0/s1. The molecule has 1 saturated heterocycles. The van der Waals surface area contributed by atoms with E-state index in [2.05, 4.69) is 0 Å². The summed E-state index contributed by atoms with van der Waals surface area (Å²) >= 11 is 0. The SMILES string of the molecule is C[C@H](OCc1ccccc1)C(=O)N1CCC[C@@H](C(=O)O)C1. The van der Waals surface area contributed by atoms with Crippen molar-refractivity contribution in [1.82, 2.24) is 4.90 Å². The summed E-state index contributed by atoms with van der Waals surface area (Å²) in [5, 5.41) is 9.06. The number of hydrogen-bond donors (Lipinski definition) is 1. The average molecular weight is 291 g/mol. The zero-order valence-electron chi connectivity index (χ0n) is 12.2. The summed E-state index contributed by atoms with van der Waals surface area (Å²) in [4.78, 5) is 24.9. The fourth-order valence-corrected chi connectivity index (χ4v) is 2.50. The highest BCUT2D eigenvalue weighted by Crippen LogP contribution is 2.18. The minimum Gasteiger partial charge on any atom is -0.481 e. The van der Waals surface area contributed by atoms with Crippen molar-refractivity contribution >= 4 is 11.9 Å². The molecule has 0 aromatic heterocycles. The van der Waals surface area contributed by atoms with Gasteiger partial charge in [0.2, 0.25) is 0 Å². The first-order valence-electron chi connectivity index (χ1n) is 7.25. The lowest BCUT2D eigenvalue weighted by molar-refractivity contribution is -0.150. The van der Waals surface area contributed by atoms with Crippen LogP contribution in [0.2, 0.25) is 0 Å². The van der Waals surface area contributed by atoms with E-state index in [1.54, 1.807) is 11.8 Å². The molecule has 5 heteroatoms. The molecule has 0 bridgehead atoms. The fraction of sp³-hybridized carbons (Fsp3) is 0.500. The van der Waals surface area contributed by atoms with E-state index in [1.165, 1.54) is 0 Å². The predicted molar refractivity (Wildman–Crippen MR) is 77.6 cm³/mol. The van der Waals surface area contributed by atoms with Crippen LogP contribution in [0.25, 0.3) is 0 Å². The molecule has 1 aliphatic rings. The molecule has 1 aromatic carbocycles. The summed E-state index contributed by atoms with van der Waals surface area (Å²) in [5.41, 5.74) is 1.01. The lowest BCUT2D eigenvalue weighted by Crippen LogP contribution is -2.46. The van der Waals surface area contributed by atoms with Gasteiger partial charge in [0.05, 0.1) is 12.5 Å². The maximum absolute atomic E-state index is 12.3. The molecule has 0 saturated carbocycles. The Kier molecular flexibility index (Phi) is 5.33. The number of carboxylic acid groups (broad SMARTS) is 1. The Bertz CT molecular complexity index is 488. The van der Waals surface area contributed by atoms with Crippen molar-refractivity contribution in [3.63, 3.8) is 0 Å². The highest BCUT2D eigenvalue weighted by molar-refractivity contribution is 5.81.